The number of rotatable bonds is 7. The molecule has 2 fully saturated rings. The highest BCUT2D eigenvalue weighted by Gasteiger charge is 2.51. The highest BCUT2D eigenvalue weighted by atomic mass is 35.5. The monoisotopic (exact) mass is 595 g/mol. The number of carbonyl (C=O) groups is 1. The van der Waals surface area contributed by atoms with Gasteiger partial charge >= 0.3 is 0 Å². The minimum absolute atomic E-state index is 0.0772. The van der Waals surface area contributed by atoms with E-state index in [1.165, 1.54) is 10.4 Å². The van der Waals surface area contributed by atoms with Crippen molar-refractivity contribution >= 4 is 47.8 Å². The van der Waals surface area contributed by atoms with Crippen molar-refractivity contribution in [2.24, 2.45) is 0 Å². The summed E-state index contributed by atoms with van der Waals surface area (Å²) < 4.78 is 7.38. The molecule has 5 rings (SSSR count). The summed E-state index contributed by atoms with van der Waals surface area (Å²) in [5.74, 6) is 0.377. The predicted molar refractivity (Wildman–Crippen MR) is 166 cm³/mol. The Morgan fingerprint density at radius 3 is 2.02 bits per heavy atom. The molecule has 0 spiro atoms. The Morgan fingerprint density at radius 1 is 0.950 bits per heavy atom. The molecular formula is C33H39Cl2NO3Si. The summed E-state index contributed by atoms with van der Waals surface area (Å²) in [5.41, 5.74) is 1.49. The average Bonchev–Trinajstić information content (AvgIpc) is 3.34. The van der Waals surface area contributed by atoms with Crippen LogP contribution in [0.1, 0.15) is 76.3 Å². The third-order valence-corrected chi connectivity index (χ3v) is 14.6. The van der Waals surface area contributed by atoms with Crippen LogP contribution in [-0.4, -0.2) is 36.9 Å². The van der Waals surface area contributed by atoms with Gasteiger partial charge in [-0.15, -0.1) is 0 Å². The SMILES string of the molecule is CC(C)(C)[Si](OC1CCC(c2c(O)cc(Cl)c(CN3CCCC3=O)c2Cl)CC1)(c1ccccc1)c1ccccc1. The van der Waals surface area contributed by atoms with E-state index in [1.807, 2.05) is 4.90 Å². The molecule has 1 amide bonds. The van der Waals surface area contributed by atoms with Crippen LogP contribution in [0.5, 0.6) is 5.75 Å². The van der Waals surface area contributed by atoms with Crippen molar-refractivity contribution in [2.45, 2.75) is 82.9 Å². The zero-order valence-corrected chi connectivity index (χ0v) is 26.1. The molecule has 1 saturated carbocycles. The summed E-state index contributed by atoms with van der Waals surface area (Å²) in [6, 6.07) is 23.1. The first-order valence-corrected chi connectivity index (χ1v) is 17.0. The van der Waals surface area contributed by atoms with Crippen LogP contribution in [0.25, 0.3) is 0 Å². The van der Waals surface area contributed by atoms with Gasteiger partial charge in [0.05, 0.1) is 10.0 Å². The molecule has 2 aliphatic rings. The van der Waals surface area contributed by atoms with Crippen LogP contribution < -0.4 is 10.4 Å². The number of likely N-dealkylation sites (tertiary alicyclic amines) is 1. The molecule has 0 unspecified atom stereocenters. The second-order valence-corrected chi connectivity index (χ2v) is 17.3. The van der Waals surface area contributed by atoms with E-state index in [4.69, 9.17) is 27.6 Å². The number of hydrogen-bond donors (Lipinski definition) is 1. The minimum atomic E-state index is -2.63. The second kappa shape index (κ2) is 11.9. The third-order valence-electron chi connectivity index (χ3n) is 8.69. The number of hydrogen-bond acceptors (Lipinski definition) is 3. The van der Waals surface area contributed by atoms with Gasteiger partial charge in [-0.25, -0.2) is 0 Å². The molecule has 0 atom stereocenters. The van der Waals surface area contributed by atoms with Crippen molar-refractivity contribution in [1.82, 2.24) is 4.90 Å². The van der Waals surface area contributed by atoms with E-state index < -0.39 is 8.32 Å². The molecule has 7 heteroatoms. The first-order chi connectivity index (χ1) is 19.1. The van der Waals surface area contributed by atoms with Crippen LogP contribution in [0.4, 0.5) is 0 Å². The lowest BCUT2D eigenvalue weighted by Gasteiger charge is -2.46. The van der Waals surface area contributed by atoms with E-state index in [0.29, 0.717) is 29.6 Å². The third kappa shape index (κ3) is 5.58. The number of aromatic hydroxyl groups is 1. The largest absolute Gasteiger partial charge is 0.508 e. The van der Waals surface area contributed by atoms with Crippen molar-refractivity contribution in [2.75, 3.05) is 6.54 Å². The van der Waals surface area contributed by atoms with E-state index in [1.54, 1.807) is 6.07 Å². The van der Waals surface area contributed by atoms with Crippen LogP contribution in [0.15, 0.2) is 66.7 Å². The van der Waals surface area contributed by atoms with Gasteiger partial charge in [0, 0.05) is 36.7 Å². The number of phenolic OH excluding ortho intramolecular Hbond substituents is 1. The molecule has 4 nitrogen and oxygen atoms in total. The Hall–Kier alpha value is -2.31. The number of nitrogens with zero attached hydrogens (tertiary/aromatic N) is 1. The zero-order chi connectivity index (χ0) is 28.5. The number of halogens is 2. The molecule has 3 aromatic carbocycles. The van der Waals surface area contributed by atoms with Gasteiger partial charge < -0.3 is 14.4 Å². The number of amides is 1. The van der Waals surface area contributed by atoms with Gasteiger partial charge in [0.15, 0.2) is 0 Å². The maximum atomic E-state index is 12.3. The van der Waals surface area contributed by atoms with Crippen molar-refractivity contribution in [1.29, 1.82) is 0 Å². The van der Waals surface area contributed by atoms with Crippen LogP contribution in [-0.2, 0) is 15.8 Å². The maximum Gasteiger partial charge on any atom is 0.261 e. The Kier molecular flexibility index (Phi) is 8.68. The van der Waals surface area contributed by atoms with E-state index in [9.17, 15) is 9.90 Å². The van der Waals surface area contributed by atoms with E-state index >= 15 is 0 Å². The van der Waals surface area contributed by atoms with Gasteiger partial charge in [-0.3, -0.25) is 4.79 Å². The smallest absolute Gasteiger partial charge is 0.261 e. The topological polar surface area (TPSA) is 49.8 Å². The standard InChI is InChI=1S/C33H39Cl2NO3Si/c1-33(2,3)40(25-11-6-4-7-12-25,26-13-8-5-9-14-26)39-24-18-16-23(17-19-24)31-29(37)21-28(34)27(32(31)35)22-36-20-10-15-30(36)38/h4-9,11-14,21,23-24,37H,10,15-20,22H2,1-3H3. The van der Waals surface area contributed by atoms with Crippen molar-refractivity contribution in [3.05, 3.63) is 87.9 Å². The lowest BCUT2D eigenvalue weighted by molar-refractivity contribution is -0.128. The lowest BCUT2D eigenvalue weighted by atomic mass is 9.82. The molecule has 1 saturated heterocycles. The molecule has 0 aromatic heterocycles. The molecule has 0 radical (unpaired) electrons. The molecule has 1 aliphatic carbocycles. The van der Waals surface area contributed by atoms with Gasteiger partial charge in [0.2, 0.25) is 5.91 Å². The average molecular weight is 597 g/mol. The van der Waals surface area contributed by atoms with Crippen LogP contribution in [0.2, 0.25) is 15.1 Å². The Bertz CT molecular complexity index is 1300. The quantitative estimate of drug-likeness (QED) is 0.289. The Morgan fingerprint density at radius 2 is 1.52 bits per heavy atom. The maximum absolute atomic E-state index is 12.3. The van der Waals surface area contributed by atoms with Gasteiger partial charge in [-0.2, -0.15) is 0 Å². The fourth-order valence-corrected chi connectivity index (χ4v) is 12.1. The molecule has 212 valence electrons. The molecule has 40 heavy (non-hydrogen) atoms. The molecule has 1 aliphatic heterocycles. The first kappa shape index (κ1) is 29.2. The van der Waals surface area contributed by atoms with E-state index in [2.05, 4.69) is 81.4 Å². The van der Waals surface area contributed by atoms with E-state index in [0.717, 1.165) is 43.2 Å². The zero-order valence-electron chi connectivity index (χ0n) is 23.6. The van der Waals surface area contributed by atoms with Crippen molar-refractivity contribution in [3.63, 3.8) is 0 Å². The van der Waals surface area contributed by atoms with Crippen molar-refractivity contribution < 1.29 is 14.3 Å². The number of benzene rings is 3. The highest BCUT2D eigenvalue weighted by Crippen LogP contribution is 2.47. The normalized spacial score (nSPS) is 20.2. The van der Waals surface area contributed by atoms with E-state index in [-0.39, 0.29) is 28.7 Å². The molecular weight excluding hydrogens is 557 g/mol. The fraction of sp³-hybridized carbons (Fsp3) is 0.424. The molecule has 0 bridgehead atoms. The summed E-state index contributed by atoms with van der Waals surface area (Å²) in [6.07, 6.45) is 5.02. The lowest BCUT2D eigenvalue weighted by Crippen LogP contribution is -2.67. The van der Waals surface area contributed by atoms with Gasteiger partial charge in [0.1, 0.15) is 5.75 Å². The first-order valence-electron chi connectivity index (χ1n) is 14.4. The Balaban J connectivity index is 1.40. The predicted octanol–water partition coefficient (Wildman–Crippen LogP) is 7.42. The van der Waals surface area contributed by atoms with Crippen molar-refractivity contribution in [3.8, 4) is 5.75 Å². The minimum Gasteiger partial charge on any atom is -0.508 e. The number of carbonyl (C=O) groups excluding carboxylic acids is 1. The second-order valence-electron chi connectivity index (χ2n) is 12.3. The fourth-order valence-electron chi connectivity index (χ4n) is 6.67. The van der Waals surface area contributed by atoms with Gasteiger partial charge in [-0.05, 0) is 59.5 Å². The molecule has 1 heterocycles. The van der Waals surface area contributed by atoms with Gasteiger partial charge in [-0.1, -0.05) is 105 Å². The van der Waals surface area contributed by atoms with Crippen LogP contribution >= 0.6 is 23.2 Å². The molecule has 1 N–H and O–H groups in total. The summed E-state index contributed by atoms with van der Waals surface area (Å²) in [6.45, 7) is 8.03. The molecule has 3 aromatic rings. The van der Waals surface area contributed by atoms with Crippen LogP contribution in [0, 0.1) is 0 Å². The highest BCUT2D eigenvalue weighted by molar-refractivity contribution is 6.99. The summed E-state index contributed by atoms with van der Waals surface area (Å²) in [4.78, 5) is 14.1. The summed E-state index contributed by atoms with van der Waals surface area (Å²) >= 11 is 13.5. The Labute approximate surface area is 249 Å². The number of phenols is 1. The van der Waals surface area contributed by atoms with Crippen LogP contribution in [0.3, 0.4) is 0 Å². The summed E-state index contributed by atoms with van der Waals surface area (Å²) in [5, 5.41) is 14.4. The van der Waals surface area contributed by atoms with Gasteiger partial charge in [0.25, 0.3) is 8.32 Å². The summed E-state index contributed by atoms with van der Waals surface area (Å²) in [7, 11) is -2.63.